The summed E-state index contributed by atoms with van der Waals surface area (Å²) < 4.78 is 11.6. The molecule has 1 aliphatic rings. The summed E-state index contributed by atoms with van der Waals surface area (Å²) in [4.78, 5) is 4.08. The van der Waals surface area contributed by atoms with Crippen LogP contribution in [0.2, 0.25) is 0 Å². The fourth-order valence-corrected chi connectivity index (χ4v) is 1.86. The molecule has 0 radical (unpaired) electrons. The van der Waals surface area contributed by atoms with Gasteiger partial charge < -0.3 is 9.47 Å². The smallest absolute Gasteiger partial charge is 0.231 e. The van der Waals surface area contributed by atoms with E-state index in [9.17, 15) is 0 Å². The Labute approximate surface area is 102 Å². The normalized spacial score (nSPS) is 19.4. The maximum Gasteiger partial charge on any atom is 0.231 e. The van der Waals surface area contributed by atoms with Crippen molar-refractivity contribution >= 4 is 15.9 Å². The molecule has 1 fully saturated rings. The third kappa shape index (κ3) is 2.71. The van der Waals surface area contributed by atoms with Crippen LogP contribution in [0.15, 0.2) is 16.7 Å². The molecule has 0 unspecified atom stereocenters. The molecular formula is C11H11BrN2O2. The predicted molar refractivity (Wildman–Crippen MR) is 61.1 cm³/mol. The SMILES string of the molecule is N#Cc1cc(Br)cnc1OC[C@@H]1CCOC1. The summed E-state index contributed by atoms with van der Waals surface area (Å²) in [5.74, 6) is 0.814. The summed E-state index contributed by atoms with van der Waals surface area (Å²) in [6.45, 7) is 2.09. The number of pyridine rings is 1. The van der Waals surface area contributed by atoms with E-state index in [1.807, 2.05) is 0 Å². The van der Waals surface area contributed by atoms with Gasteiger partial charge in [0.05, 0.1) is 13.2 Å². The van der Waals surface area contributed by atoms with Crippen LogP contribution in [0.3, 0.4) is 0 Å². The van der Waals surface area contributed by atoms with Gasteiger partial charge in [-0.05, 0) is 28.4 Å². The summed E-state index contributed by atoms with van der Waals surface area (Å²) in [5.41, 5.74) is 0.452. The van der Waals surface area contributed by atoms with Gasteiger partial charge in [-0.1, -0.05) is 0 Å². The predicted octanol–water partition coefficient (Wildman–Crippen LogP) is 2.13. The van der Waals surface area contributed by atoms with Gasteiger partial charge in [0.2, 0.25) is 5.88 Å². The molecule has 84 valence electrons. The van der Waals surface area contributed by atoms with Gasteiger partial charge in [-0.15, -0.1) is 0 Å². The number of nitriles is 1. The fourth-order valence-electron chi connectivity index (χ4n) is 1.53. The van der Waals surface area contributed by atoms with Crippen molar-refractivity contribution < 1.29 is 9.47 Å². The molecule has 0 amide bonds. The first-order valence-electron chi connectivity index (χ1n) is 5.06. The zero-order valence-electron chi connectivity index (χ0n) is 8.65. The van der Waals surface area contributed by atoms with Gasteiger partial charge >= 0.3 is 0 Å². The molecule has 2 rings (SSSR count). The first-order valence-corrected chi connectivity index (χ1v) is 5.85. The molecule has 0 bridgehead atoms. The van der Waals surface area contributed by atoms with E-state index in [1.54, 1.807) is 12.3 Å². The molecule has 0 saturated carbocycles. The minimum absolute atomic E-state index is 0.401. The van der Waals surface area contributed by atoms with Crippen LogP contribution in [0.5, 0.6) is 5.88 Å². The molecule has 1 aromatic heterocycles. The Morgan fingerprint density at radius 3 is 3.25 bits per heavy atom. The van der Waals surface area contributed by atoms with Crippen molar-refractivity contribution in [2.75, 3.05) is 19.8 Å². The lowest BCUT2D eigenvalue weighted by Crippen LogP contribution is -2.12. The lowest BCUT2D eigenvalue weighted by molar-refractivity contribution is 0.165. The lowest BCUT2D eigenvalue weighted by Gasteiger charge is -2.10. The average Bonchev–Trinajstić information content (AvgIpc) is 2.80. The Morgan fingerprint density at radius 1 is 1.69 bits per heavy atom. The van der Waals surface area contributed by atoms with Gasteiger partial charge in [-0.25, -0.2) is 4.98 Å². The molecule has 16 heavy (non-hydrogen) atoms. The second kappa shape index (κ2) is 5.28. The summed E-state index contributed by atoms with van der Waals surface area (Å²) in [6.07, 6.45) is 2.64. The molecule has 5 heteroatoms. The average molecular weight is 283 g/mol. The van der Waals surface area contributed by atoms with E-state index in [4.69, 9.17) is 14.7 Å². The molecule has 1 saturated heterocycles. The Hall–Kier alpha value is -1.12. The highest BCUT2D eigenvalue weighted by Crippen LogP contribution is 2.21. The molecule has 1 atom stereocenters. The number of halogens is 1. The van der Waals surface area contributed by atoms with Crippen LogP contribution >= 0.6 is 15.9 Å². The number of nitrogens with zero attached hydrogens (tertiary/aromatic N) is 2. The van der Waals surface area contributed by atoms with Crippen molar-refractivity contribution in [2.24, 2.45) is 5.92 Å². The van der Waals surface area contributed by atoms with Crippen LogP contribution < -0.4 is 4.74 Å². The van der Waals surface area contributed by atoms with Crippen LogP contribution in [0.1, 0.15) is 12.0 Å². The molecule has 0 aromatic carbocycles. The van der Waals surface area contributed by atoms with Gasteiger partial charge in [-0.3, -0.25) is 0 Å². The largest absolute Gasteiger partial charge is 0.476 e. The second-order valence-corrected chi connectivity index (χ2v) is 4.57. The zero-order valence-corrected chi connectivity index (χ0v) is 10.2. The van der Waals surface area contributed by atoms with Crippen molar-refractivity contribution in [3.8, 4) is 11.9 Å². The first-order chi connectivity index (χ1) is 7.79. The fraction of sp³-hybridized carbons (Fsp3) is 0.455. The van der Waals surface area contributed by atoms with Crippen LogP contribution in [0, 0.1) is 17.2 Å². The van der Waals surface area contributed by atoms with Gasteiger partial charge in [0.1, 0.15) is 11.6 Å². The Kier molecular flexibility index (Phi) is 3.75. The van der Waals surface area contributed by atoms with Crippen LogP contribution in [0.4, 0.5) is 0 Å². The zero-order chi connectivity index (χ0) is 11.4. The molecule has 0 spiro atoms. The highest BCUT2D eigenvalue weighted by atomic mass is 79.9. The Morgan fingerprint density at radius 2 is 2.56 bits per heavy atom. The van der Waals surface area contributed by atoms with Gasteiger partial charge in [0.25, 0.3) is 0 Å². The van der Waals surface area contributed by atoms with E-state index >= 15 is 0 Å². The molecule has 1 aromatic rings. The standard InChI is InChI=1S/C11H11BrN2O2/c12-10-3-9(4-13)11(14-5-10)16-7-8-1-2-15-6-8/h3,5,8H,1-2,6-7H2/t8-/m1/s1. The highest BCUT2D eigenvalue weighted by Gasteiger charge is 2.17. The second-order valence-electron chi connectivity index (χ2n) is 3.66. The Bertz CT molecular complexity index is 411. The number of hydrogen-bond acceptors (Lipinski definition) is 4. The summed E-state index contributed by atoms with van der Waals surface area (Å²) in [6, 6.07) is 3.76. The van der Waals surface area contributed by atoms with Gasteiger partial charge in [0.15, 0.2) is 0 Å². The molecule has 1 aliphatic heterocycles. The molecule has 0 aliphatic carbocycles. The van der Waals surface area contributed by atoms with Crippen molar-refractivity contribution in [1.82, 2.24) is 4.98 Å². The summed E-state index contributed by atoms with van der Waals surface area (Å²) in [5, 5.41) is 8.92. The lowest BCUT2D eigenvalue weighted by atomic mass is 10.1. The number of hydrogen-bond donors (Lipinski definition) is 0. The topological polar surface area (TPSA) is 55.1 Å². The number of ether oxygens (including phenoxy) is 2. The van der Waals surface area contributed by atoms with E-state index in [2.05, 4.69) is 27.0 Å². The summed E-state index contributed by atoms with van der Waals surface area (Å²) in [7, 11) is 0. The van der Waals surface area contributed by atoms with E-state index in [0.717, 1.165) is 24.1 Å². The maximum atomic E-state index is 8.92. The van der Waals surface area contributed by atoms with E-state index in [0.29, 0.717) is 24.0 Å². The molecule has 4 nitrogen and oxygen atoms in total. The van der Waals surface area contributed by atoms with Gasteiger partial charge in [0, 0.05) is 23.2 Å². The van der Waals surface area contributed by atoms with Crippen molar-refractivity contribution in [3.05, 3.63) is 22.3 Å². The van der Waals surface area contributed by atoms with Crippen LogP contribution in [-0.4, -0.2) is 24.8 Å². The van der Waals surface area contributed by atoms with E-state index in [1.165, 1.54) is 0 Å². The van der Waals surface area contributed by atoms with Crippen LogP contribution in [0.25, 0.3) is 0 Å². The summed E-state index contributed by atoms with van der Waals surface area (Å²) >= 11 is 3.27. The monoisotopic (exact) mass is 282 g/mol. The van der Waals surface area contributed by atoms with Crippen molar-refractivity contribution in [1.29, 1.82) is 5.26 Å². The highest BCUT2D eigenvalue weighted by molar-refractivity contribution is 9.10. The minimum atomic E-state index is 0.401. The Balaban J connectivity index is 2.00. The van der Waals surface area contributed by atoms with Gasteiger partial charge in [-0.2, -0.15) is 5.26 Å². The first kappa shape index (κ1) is 11.4. The number of rotatable bonds is 3. The van der Waals surface area contributed by atoms with Crippen LogP contribution in [-0.2, 0) is 4.74 Å². The van der Waals surface area contributed by atoms with Crippen molar-refractivity contribution in [3.63, 3.8) is 0 Å². The van der Waals surface area contributed by atoms with E-state index < -0.39 is 0 Å². The third-order valence-electron chi connectivity index (χ3n) is 2.42. The minimum Gasteiger partial charge on any atom is -0.476 e. The van der Waals surface area contributed by atoms with E-state index in [-0.39, 0.29) is 0 Å². The number of aromatic nitrogens is 1. The third-order valence-corrected chi connectivity index (χ3v) is 2.85. The maximum absolute atomic E-state index is 8.92. The molecular weight excluding hydrogens is 272 g/mol. The molecule has 0 N–H and O–H groups in total. The quantitative estimate of drug-likeness (QED) is 0.852. The molecule has 2 heterocycles. The van der Waals surface area contributed by atoms with Crippen molar-refractivity contribution in [2.45, 2.75) is 6.42 Å².